The zero-order valence-electron chi connectivity index (χ0n) is 9.24. The van der Waals surface area contributed by atoms with Gasteiger partial charge in [0.2, 0.25) is 5.91 Å². The van der Waals surface area contributed by atoms with Crippen molar-refractivity contribution in [1.29, 1.82) is 5.26 Å². The number of ether oxygens (including phenoxy) is 1. The number of hydrogen-bond acceptors (Lipinski definition) is 3. The highest BCUT2D eigenvalue weighted by Gasteiger charge is 2.22. The number of hydrogen-bond donors (Lipinski definition) is 0. The third-order valence-corrected chi connectivity index (χ3v) is 2.53. The van der Waals surface area contributed by atoms with Crippen LogP contribution in [0.15, 0.2) is 0 Å². The highest BCUT2D eigenvalue weighted by Crippen LogP contribution is 2.15. The lowest BCUT2D eigenvalue weighted by Gasteiger charge is -2.29. The van der Waals surface area contributed by atoms with Gasteiger partial charge in [-0.1, -0.05) is 6.92 Å². The SMILES string of the molecule is CCCOCC(=O)N1CCCC(C#N)C1. The van der Waals surface area contributed by atoms with Gasteiger partial charge in [0.05, 0.1) is 12.0 Å². The van der Waals surface area contributed by atoms with E-state index in [1.165, 1.54) is 0 Å². The molecule has 0 aromatic heterocycles. The summed E-state index contributed by atoms with van der Waals surface area (Å²) < 4.78 is 5.19. The van der Waals surface area contributed by atoms with Crippen molar-refractivity contribution < 1.29 is 9.53 Å². The molecule has 0 radical (unpaired) electrons. The van der Waals surface area contributed by atoms with Gasteiger partial charge in [0.25, 0.3) is 0 Å². The van der Waals surface area contributed by atoms with Crippen molar-refractivity contribution in [1.82, 2.24) is 4.90 Å². The summed E-state index contributed by atoms with van der Waals surface area (Å²) in [6, 6.07) is 2.22. The Balaban J connectivity index is 2.29. The first-order valence-electron chi connectivity index (χ1n) is 5.53. The van der Waals surface area contributed by atoms with Crippen LogP contribution in [0.4, 0.5) is 0 Å². The summed E-state index contributed by atoms with van der Waals surface area (Å²) in [6.07, 6.45) is 2.77. The number of rotatable bonds is 4. The average molecular weight is 210 g/mol. The fourth-order valence-electron chi connectivity index (χ4n) is 1.70. The first-order chi connectivity index (χ1) is 7.27. The molecule has 1 aliphatic rings. The summed E-state index contributed by atoms with van der Waals surface area (Å²) in [5, 5.41) is 8.79. The lowest BCUT2D eigenvalue weighted by atomic mass is 10.00. The average Bonchev–Trinajstić information content (AvgIpc) is 2.29. The lowest BCUT2D eigenvalue weighted by molar-refractivity contribution is -0.137. The Morgan fingerprint density at radius 1 is 1.67 bits per heavy atom. The van der Waals surface area contributed by atoms with Crippen molar-refractivity contribution in [3.8, 4) is 6.07 Å². The summed E-state index contributed by atoms with van der Waals surface area (Å²) in [6.45, 7) is 4.14. The predicted octanol–water partition coefficient (Wildman–Crippen LogP) is 1.18. The van der Waals surface area contributed by atoms with Crippen molar-refractivity contribution in [2.45, 2.75) is 26.2 Å². The van der Waals surface area contributed by atoms with Crippen LogP contribution in [0.5, 0.6) is 0 Å². The van der Waals surface area contributed by atoms with Crippen LogP contribution < -0.4 is 0 Å². The molecule has 1 aliphatic heterocycles. The molecule has 84 valence electrons. The van der Waals surface area contributed by atoms with Crippen molar-refractivity contribution >= 4 is 5.91 Å². The Bertz CT molecular complexity index is 247. The van der Waals surface area contributed by atoms with E-state index in [1.54, 1.807) is 4.90 Å². The second-order valence-corrected chi connectivity index (χ2v) is 3.86. The Morgan fingerprint density at radius 3 is 3.13 bits per heavy atom. The number of amides is 1. The topological polar surface area (TPSA) is 53.3 Å². The van der Waals surface area contributed by atoms with E-state index in [2.05, 4.69) is 6.07 Å². The van der Waals surface area contributed by atoms with Crippen LogP contribution in [0.2, 0.25) is 0 Å². The van der Waals surface area contributed by atoms with Crippen molar-refractivity contribution in [2.75, 3.05) is 26.3 Å². The Labute approximate surface area is 90.8 Å². The molecule has 0 spiro atoms. The molecule has 0 aromatic rings. The van der Waals surface area contributed by atoms with Gasteiger partial charge in [-0.25, -0.2) is 0 Å². The number of likely N-dealkylation sites (tertiary alicyclic amines) is 1. The predicted molar refractivity (Wildman–Crippen MR) is 56.0 cm³/mol. The van der Waals surface area contributed by atoms with Crippen molar-refractivity contribution in [3.63, 3.8) is 0 Å². The summed E-state index contributed by atoms with van der Waals surface area (Å²) in [4.78, 5) is 13.4. The quantitative estimate of drug-likeness (QED) is 0.655. The summed E-state index contributed by atoms with van der Waals surface area (Å²) in [7, 11) is 0. The van der Waals surface area contributed by atoms with Gasteiger partial charge in [-0.15, -0.1) is 0 Å². The molecule has 0 saturated carbocycles. The molecule has 0 bridgehead atoms. The van der Waals surface area contributed by atoms with Crippen molar-refractivity contribution in [2.24, 2.45) is 5.92 Å². The van der Waals surface area contributed by atoms with E-state index in [-0.39, 0.29) is 18.4 Å². The molecule has 1 rings (SSSR count). The molecule has 15 heavy (non-hydrogen) atoms. The Kier molecular flexibility index (Phi) is 5.13. The molecule has 0 aromatic carbocycles. The van der Waals surface area contributed by atoms with Gasteiger partial charge >= 0.3 is 0 Å². The summed E-state index contributed by atoms with van der Waals surface area (Å²) >= 11 is 0. The molecular formula is C11H18N2O2. The minimum Gasteiger partial charge on any atom is -0.372 e. The normalized spacial score (nSPS) is 21.1. The molecule has 4 heteroatoms. The molecule has 1 unspecified atom stereocenters. The van der Waals surface area contributed by atoms with Crippen LogP contribution in [0, 0.1) is 17.2 Å². The van der Waals surface area contributed by atoms with Crippen LogP contribution in [-0.2, 0) is 9.53 Å². The molecule has 0 N–H and O–H groups in total. The third kappa shape index (κ3) is 3.88. The van der Waals surface area contributed by atoms with E-state index in [1.807, 2.05) is 6.92 Å². The van der Waals surface area contributed by atoms with E-state index < -0.39 is 0 Å². The van der Waals surface area contributed by atoms with E-state index in [4.69, 9.17) is 10.00 Å². The molecule has 0 aliphatic carbocycles. The Hall–Kier alpha value is -1.08. The third-order valence-electron chi connectivity index (χ3n) is 2.53. The summed E-state index contributed by atoms with van der Waals surface area (Å²) in [5.74, 6) is 0.0253. The molecule has 1 fully saturated rings. The maximum atomic E-state index is 11.6. The lowest BCUT2D eigenvalue weighted by Crippen LogP contribution is -2.41. The molecule has 1 saturated heterocycles. The number of carbonyl (C=O) groups is 1. The zero-order chi connectivity index (χ0) is 11.1. The molecule has 1 amide bonds. The minimum absolute atomic E-state index is 0.00822. The van der Waals surface area contributed by atoms with Gasteiger partial charge in [0, 0.05) is 19.7 Å². The highest BCUT2D eigenvalue weighted by atomic mass is 16.5. The van der Waals surface area contributed by atoms with Crippen LogP contribution in [0.25, 0.3) is 0 Å². The maximum Gasteiger partial charge on any atom is 0.248 e. The van der Waals surface area contributed by atoms with Gasteiger partial charge in [0.15, 0.2) is 0 Å². The number of nitriles is 1. The van der Waals surface area contributed by atoms with Gasteiger partial charge in [0.1, 0.15) is 6.61 Å². The van der Waals surface area contributed by atoms with Crippen LogP contribution >= 0.6 is 0 Å². The first-order valence-corrected chi connectivity index (χ1v) is 5.53. The van der Waals surface area contributed by atoms with Gasteiger partial charge in [-0.05, 0) is 19.3 Å². The van der Waals surface area contributed by atoms with Crippen LogP contribution in [-0.4, -0.2) is 37.1 Å². The highest BCUT2D eigenvalue weighted by molar-refractivity contribution is 5.77. The molecule has 1 heterocycles. The van der Waals surface area contributed by atoms with Gasteiger partial charge < -0.3 is 9.64 Å². The van der Waals surface area contributed by atoms with Crippen LogP contribution in [0.1, 0.15) is 26.2 Å². The zero-order valence-corrected chi connectivity index (χ0v) is 9.24. The second-order valence-electron chi connectivity index (χ2n) is 3.86. The smallest absolute Gasteiger partial charge is 0.248 e. The van der Waals surface area contributed by atoms with E-state index in [0.29, 0.717) is 13.2 Å². The van der Waals surface area contributed by atoms with E-state index in [0.717, 1.165) is 25.8 Å². The second kappa shape index (κ2) is 6.41. The standard InChI is InChI=1S/C11H18N2O2/c1-2-6-15-9-11(14)13-5-3-4-10(7-12)8-13/h10H,2-6,8-9H2,1H3. The van der Waals surface area contributed by atoms with Gasteiger partial charge in [-0.2, -0.15) is 5.26 Å². The Morgan fingerprint density at radius 2 is 2.47 bits per heavy atom. The van der Waals surface area contributed by atoms with Gasteiger partial charge in [-0.3, -0.25) is 4.79 Å². The fraction of sp³-hybridized carbons (Fsp3) is 0.818. The molecule has 4 nitrogen and oxygen atoms in total. The number of carbonyl (C=O) groups excluding carboxylic acids is 1. The number of piperidine rings is 1. The maximum absolute atomic E-state index is 11.6. The van der Waals surface area contributed by atoms with Crippen molar-refractivity contribution in [3.05, 3.63) is 0 Å². The van der Waals surface area contributed by atoms with E-state index >= 15 is 0 Å². The monoisotopic (exact) mass is 210 g/mol. The molecular weight excluding hydrogens is 192 g/mol. The van der Waals surface area contributed by atoms with E-state index in [9.17, 15) is 4.79 Å². The molecule has 1 atom stereocenters. The largest absolute Gasteiger partial charge is 0.372 e. The first kappa shape index (κ1) is 12.0. The minimum atomic E-state index is 0.00822. The van der Waals surface area contributed by atoms with Crippen LogP contribution in [0.3, 0.4) is 0 Å². The number of nitrogens with zero attached hydrogens (tertiary/aromatic N) is 2. The summed E-state index contributed by atoms with van der Waals surface area (Å²) in [5.41, 5.74) is 0. The fourth-order valence-corrected chi connectivity index (χ4v) is 1.70.